The van der Waals surface area contributed by atoms with Gasteiger partial charge in [0.2, 0.25) is 0 Å². The number of anilines is 1. The van der Waals surface area contributed by atoms with Crippen LogP contribution in [0.5, 0.6) is 0 Å². The van der Waals surface area contributed by atoms with E-state index in [0.29, 0.717) is 29.6 Å². The van der Waals surface area contributed by atoms with Gasteiger partial charge in [0, 0.05) is 30.6 Å². The summed E-state index contributed by atoms with van der Waals surface area (Å²) in [5.74, 6) is 1.32. The van der Waals surface area contributed by atoms with Crippen LogP contribution in [0, 0.1) is 0 Å². The van der Waals surface area contributed by atoms with Crippen LogP contribution in [0.15, 0.2) is 23.0 Å². The SMILES string of the molecule is Nc1ccncc1-c1nc(C2CCOC2)no1. The molecular formula is C11H12N4O2. The lowest BCUT2D eigenvalue weighted by Crippen LogP contribution is -1.99. The highest BCUT2D eigenvalue weighted by Crippen LogP contribution is 2.27. The molecule has 2 aromatic rings. The zero-order valence-corrected chi connectivity index (χ0v) is 9.17. The van der Waals surface area contributed by atoms with Crippen LogP contribution in [0.3, 0.4) is 0 Å². The average molecular weight is 232 g/mol. The second-order valence-corrected chi connectivity index (χ2v) is 3.98. The molecule has 1 unspecified atom stereocenters. The summed E-state index contributed by atoms with van der Waals surface area (Å²) < 4.78 is 10.5. The molecule has 0 bridgehead atoms. The third kappa shape index (κ3) is 1.87. The molecule has 1 fully saturated rings. The molecule has 1 atom stereocenters. The van der Waals surface area contributed by atoms with Crippen molar-refractivity contribution in [2.75, 3.05) is 18.9 Å². The first-order chi connectivity index (χ1) is 8.34. The maximum Gasteiger partial charge on any atom is 0.261 e. The van der Waals surface area contributed by atoms with E-state index < -0.39 is 0 Å². The van der Waals surface area contributed by atoms with Gasteiger partial charge in [-0.15, -0.1) is 0 Å². The lowest BCUT2D eigenvalue weighted by atomic mass is 10.1. The van der Waals surface area contributed by atoms with Gasteiger partial charge < -0.3 is 15.0 Å². The molecule has 17 heavy (non-hydrogen) atoms. The highest BCUT2D eigenvalue weighted by Gasteiger charge is 2.23. The van der Waals surface area contributed by atoms with Gasteiger partial charge >= 0.3 is 0 Å². The minimum absolute atomic E-state index is 0.227. The van der Waals surface area contributed by atoms with Crippen molar-refractivity contribution >= 4 is 5.69 Å². The highest BCUT2D eigenvalue weighted by molar-refractivity contribution is 5.68. The molecule has 1 saturated heterocycles. The molecule has 3 rings (SSSR count). The van der Waals surface area contributed by atoms with E-state index in [0.717, 1.165) is 13.0 Å². The van der Waals surface area contributed by atoms with Crippen molar-refractivity contribution in [3.8, 4) is 11.5 Å². The van der Waals surface area contributed by atoms with Crippen molar-refractivity contribution < 1.29 is 9.26 Å². The zero-order valence-electron chi connectivity index (χ0n) is 9.17. The topological polar surface area (TPSA) is 87.1 Å². The Kier molecular flexibility index (Phi) is 2.49. The van der Waals surface area contributed by atoms with E-state index in [1.807, 2.05) is 0 Å². The van der Waals surface area contributed by atoms with Crippen LogP contribution >= 0.6 is 0 Å². The van der Waals surface area contributed by atoms with Gasteiger partial charge in [0.15, 0.2) is 5.82 Å². The molecule has 3 heterocycles. The average Bonchev–Trinajstić information content (AvgIpc) is 3.00. The Balaban J connectivity index is 1.92. The molecule has 6 heteroatoms. The minimum atomic E-state index is 0.227. The number of hydrogen-bond donors (Lipinski definition) is 1. The third-order valence-electron chi connectivity index (χ3n) is 2.82. The molecule has 0 amide bonds. The fraction of sp³-hybridized carbons (Fsp3) is 0.364. The number of ether oxygens (including phenoxy) is 1. The van der Waals surface area contributed by atoms with E-state index in [-0.39, 0.29) is 5.92 Å². The molecule has 0 aliphatic carbocycles. The summed E-state index contributed by atoms with van der Waals surface area (Å²) in [6.45, 7) is 1.41. The smallest absolute Gasteiger partial charge is 0.261 e. The van der Waals surface area contributed by atoms with E-state index in [1.54, 1.807) is 18.5 Å². The first-order valence-electron chi connectivity index (χ1n) is 5.46. The summed E-state index contributed by atoms with van der Waals surface area (Å²) in [7, 11) is 0. The van der Waals surface area contributed by atoms with Crippen molar-refractivity contribution in [1.82, 2.24) is 15.1 Å². The maximum absolute atomic E-state index is 5.82. The first kappa shape index (κ1) is 10.2. The number of rotatable bonds is 2. The van der Waals surface area contributed by atoms with Gasteiger partial charge in [0.05, 0.1) is 12.2 Å². The number of pyridine rings is 1. The van der Waals surface area contributed by atoms with Gasteiger partial charge in [0.1, 0.15) is 0 Å². The second-order valence-electron chi connectivity index (χ2n) is 3.98. The Morgan fingerprint density at radius 3 is 3.12 bits per heavy atom. The first-order valence-corrected chi connectivity index (χ1v) is 5.46. The summed E-state index contributed by atoms with van der Waals surface area (Å²) in [5.41, 5.74) is 7.08. The fourth-order valence-electron chi connectivity index (χ4n) is 1.83. The number of nitrogens with two attached hydrogens (primary N) is 1. The molecule has 1 aliphatic heterocycles. The molecule has 2 N–H and O–H groups in total. The third-order valence-corrected chi connectivity index (χ3v) is 2.82. The van der Waals surface area contributed by atoms with Crippen molar-refractivity contribution in [3.63, 3.8) is 0 Å². The molecule has 0 saturated carbocycles. The maximum atomic E-state index is 5.82. The van der Waals surface area contributed by atoms with E-state index in [1.165, 1.54) is 0 Å². The van der Waals surface area contributed by atoms with Gasteiger partial charge in [-0.2, -0.15) is 4.98 Å². The van der Waals surface area contributed by atoms with Gasteiger partial charge in [-0.25, -0.2) is 0 Å². The van der Waals surface area contributed by atoms with Crippen LogP contribution in [0.25, 0.3) is 11.5 Å². The van der Waals surface area contributed by atoms with Crippen LogP contribution in [-0.4, -0.2) is 28.3 Å². The van der Waals surface area contributed by atoms with Crippen molar-refractivity contribution in [3.05, 3.63) is 24.3 Å². The molecule has 0 spiro atoms. The number of aromatic nitrogens is 3. The fourth-order valence-corrected chi connectivity index (χ4v) is 1.83. The predicted octanol–water partition coefficient (Wildman–Crippen LogP) is 1.22. The van der Waals surface area contributed by atoms with Crippen molar-refractivity contribution in [1.29, 1.82) is 0 Å². The standard InChI is InChI=1S/C11H12N4O2/c12-9-1-3-13-5-8(9)11-14-10(15-17-11)7-2-4-16-6-7/h1,3,5,7H,2,4,6H2,(H2,12,13). The summed E-state index contributed by atoms with van der Waals surface area (Å²) in [5, 5.41) is 3.97. The second kappa shape index (κ2) is 4.14. The zero-order chi connectivity index (χ0) is 11.7. The molecule has 1 aliphatic rings. The van der Waals surface area contributed by atoms with Crippen LogP contribution < -0.4 is 5.73 Å². The Morgan fingerprint density at radius 1 is 1.41 bits per heavy atom. The lowest BCUT2D eigenvalue weighted by Gasteiger charge is -1.99. The Bertz CT molecular complexity index is 520. The lowest BCUT2D eigenvalue weighted by molar-refractivity contribution is 0.192. The van der Waals surface area contributed by atoms with Gasteiger partial charge in [-0.1, -0.05) is 5.16 Å². The van der Waals surface area contributed by atoms with Crippen molar-refractivity contribution in [2.45, 2.75) is 12.3 Å². The quantitative estimate of drug-likeness (QED) is 0.837. The monoisotopic (exact) mass is 232 g/mol. The summed E-state index contributed by atoms with van der Waals surface area (Å²) in [6.07, 6.45) is 4.18. The summed E-state index contributed by atoms with van der Waals surface area (Å²) in [4.78, 5) is 8.34. The Morgan fingerprint density at radius 2 is 2.35 bits per heavy atom. The molecule has 0 radical (unpaired) electrons. The summed E-state index contributed by atoms with van der Waals surface area (Å²) in [6, 6.07) is 1.71. The van der Waals surface area contributed by atoms with E-state index >= 15 is 0 Å². The Hall–Kier alpha value is -1.95. The summed E-state index contributed by atoms with van der Waals surface area (Å²) >= 11 is 0. The Labute approximate surface area is 97.8 Å². The molecule has 88 valence electrons. The van der Waals surface area contributed by atoms with E-state index in [2.05, 4.69) is 15.1 Å². The van der Waals surface area contributed by atoms with Crippen LogP contribution in [-0.2, 0) is 4.74 Å². The van der Waals surface area contributed by atoms with Crippen LogP contribution in [0.2, 0.25) is 0 Å². The molecule has 0 aromatic carbocycles. The largest absolute Gasteiger partial charge is 0.398 e. The molecule has 6 nitrogen and oxygen atoms in total. The molecular weight excluding hydrogens is 220 g/mol. The van der Waals surface area contributed by atoms with Gasteiger partial charge in [0.25, 0.3) is 5.89 Å². The van der Waals surface area contributed by atoms with Crippen LogP contribution in [0.1, 0.15) is 18.2 Å². The van der Waals surface area contributed by atoms with Gasteiger partial charge in [-0.05, 0) is 12.5 Å². The van der Waals surface area contributed by atoms with E-state index in [4.69, 9.17) is 15.0 Å². The molecule has 2 aromatic heterocycles. The minimum Gasteiger partial charge on any atom is -0.398 e. The van der Waals surface area contributed by atoms with Crippen molar-refractivity contribution in [2.24, 2.45) is 0 Å². The highest BCUT2D eigenvalue weighted by atomic mass is 16.5. The van der Waals surface area contributed by atoms with E-state index in [9.17, 15) is 0 Å². The normalized spacial score (nSPS) is 19.6. The predicted molar refractivity (Wildman–Crippen MR) is 60.1 cm³/mol. The number of hydrogen-bond acceptors (Lipinski definition) is 6. The van der Waals surface area contributed by atoms with Crippen LogP contribution in [0.4, 0.5) is 5.69 Å². The number of nitrogen functional groups attached to an aromatic ring is 1. The van der Waals surface area contributed by atoms with Gasteiger partial charge in [-0.3, -0.25) is 4.98 Å². The number of nitrogens with zero attached hydrogens (tertiary/aromatic N) is 3.